The molecule has 3 rings (SSSR count). The fourth-order valence-electron chi connectivity index (χ4n) is 3.29. The molecule has 0 bridgehead atoms. The fraction of sp³-hybridized carbons (Fsp3) is 0.381. The first kappa shape index (κ1) is 19.4. The van der Waals surface area contributed by atoms with Gasteiger partial charge in [-0.3, -0.25) is 9.91 Å². The molecule has 1 aliphatic rings. The first-order valence-electron chi connectivity index (χ1n) is 9.06. The summed E-state index contributed by atoms with van der Waals surface area (Å²) in [5.74, 6) is 0. The molecule has 1 saturated heterocycles. The van der Waals surface area contributed by atoms with E-state index in [4.69, 9.17) is 0 Å². The molecule has 0 spiro atoms. The molecule has 3 nitrogen and oxygen atoms in total. The number of benzene rings is 2. The Hall–Kier alpha value is -2.34. The first-order chi connectivity index (χ1) is 12.8. The molecule has 0 N–H and O–H groups in total. The molecule has 27 heavy (non-hydrogen) atoms. The van der Waals surface area contributed by atoms with Crippen LogP contribution in [0.4, 0.5) is 13.2 Å². The third kappa shape index (κ3) is 5.10. The number of halogens is 3. The first-order valence-corrected chi connectivity index (χ1v) is 9.06. The summed E-state index contributed by atoms with van der Waals surface area (Å²) in [6.07, 6.45) is -3.05. The van der Waals surface area contributed by atoms with Crippen molar-refractivity contribution in [3.05, 3.63) is 70.3 Å². The zero-order chi connectivity index (χ0) is 19.4. The molecule has 144 valence electrons. The summed E-state index contributed by atoms with van der Waals surface area (Å²) in [7, 11) is 0. The number of hydrogen-bond acceptors (Lipinski definition) is 3. The molecule has 0 aromatic heterocycles. The van der Waals surface area contributed by atoms with Crippen LogP contribution in [0, 0.1) is 13.8 Å². The lowest BCUT2D eigenvalue weighted by Gasteiger charge is -2.33. The lowest BCUT2D eigenvalue weighted by atomic mass is 10.1. The molecule has 0 atom stereocenters. The quantitative estimate of drug-likeness (QED) is 0.734. The number of aryl methyl sites for hydroxylation is 2. The number of alkyl halides is 3. The molecule has 1 fully saturated rings. The third-order valence-corrected chi connectivity index (χ3v) is 4.87. The lowest BCUT2D eigenvalue weighted by molar-refractivity contribution is -0.137. The Morgan fingerprint density at radius 2 is 1.70 bits per heavy atom. The molecule has 2 aromatic carbocycles. The zero-order valence-corrected chi connectivity index (χ0v) is 15.6. The Bertz CT molecular complexity index is 807. The Morgan fingerprint density at radius 3 is 2.37 bits per heavy atom. The van der Waals surface area contributed by atoms with Gasteiger partial charge in [-0.25, -0.2) is 0 Å². The van der Waals surface area contributed by atoms with E-state index in [9.17, 15) is 13.2 Å². The van der Waals surface area contributed by atoms with Gasteiger partial charge in [-0.2, -0.15) is 18.3 Å². The van der Waals surface area contributed by atoms with E-state index in [1.807, 2.05) is 5.01 Å². The minimum absolute atomic E-state index is 0.0997. The van der Waals surface area contributed by atoms with Crippen molar-refractivity contribution in [3.8, 4) is 0 Å². The largest absolute Gasteiger partial charge is 0.417 e. The van der Waals surface area contributed by atoms with Gasteiger partial charge in [-0.1, -0.05) is 42.0 Å². The third-order valence-electron chi connectivity index (χ3n) is 4.87. The van der Waals surface area contributed by atoms with Gasteiger partial charge in [-0.05, 0) is 31.0 Å². The monoisotopic (exact) mass is 375 g/mol. The maximum absolute atomic E-state index is 13.0. The van der Waals surface area contributed by atoms with Crippen molar-refractivity contribution in [2.24, 2.45) is 5.10 Å². The van der Waals surface area contributed by atoms with E-state index in [2.05, 4.69) is 42.0 Å². The van der Waals surface area contributed by atoms with Crippen LogP contribution in [-0.2, 0) is 12.7 Å². The van der Waals surface area contributed by atoms with E-state index in [-0.39, 0.29) is 5.56 Å². The van der Waals surface area contributed by atoms with Crippen molar-refractivity contribution in [1.29, 1.82) is 0 Å². The molecular formula is C21H24F3N3. The number of nitrogens with zero attached hydrogens (tertiary/aromatic N) is 3. The lowest BCUT2D eigenvalue weighted by Crippen LogP contribution is -2.43. The maximum Gasteiger partial charge on any atom is 0.417 e. The second-order valence-corrected chi connectivity index (χ2v) is 6.99. The topological polar surface area (TPSA) is 18.8 Å². The molecule has 0 unspecified atom stereocenters. The SMILES string of the molecule is Cc1ccc(CN2CCN(N=Cc3ccccc3C(F)(F)F)CC2)c(C)c1. The highest BCUT2D eigenvalue weighted by molar-refractivity contribution is 5.81. The molecule has 2 aromatic rings. The highest BCUT2D eigenvalue weighted by Crippen LogP contribution is 2.31. The number of rotatable bonds is 4. The molecular weight excluding hydrogens is 351 g/mol. The second-order valence-electron chi connectivity index (χ2n) is 6.99. The summed E-state index contributed by atoms with van der Waals surface area (Å²) < 4.78 is 39.1. The van der Waals surface area contributed by atoms with Gasteiger partial charge >= 0.3 is 6.18 Å². The minimum atomic E-state index is -4.37. The Kier molecular flexibility index (Phi) is 5.85. The van der Waals surface area contributed by atoms with Gasteiger partial charge in [0.1, 0.15) is 0 Å². The zero-order valence-electron chi connectivity index (χ0n) is 15.6. The number of hydrogen-bond donors (Lipinski definition) is 0. The van der Waals surface area contributed by atoms with Crippen LogP contribution in [-0.4, -0.2) is 42.3 Å². The van der Waals surface area contributed by atoms with Crippen LogP contribution in [0.1, 0.15) is 27.8 Å². The van der Waals surface area contributed by atoms with Crippen molar-refractivity contribution in [1.82, 2.24) is 9.91 Å². The highest BCUT2D eigenvalue weighted by Gasteiger charge is 2.32. The van der Waals surface area contributed by atoms with Gasteiger partial charge in [0.15, 0.2) is 0 Å². The standard InChI is InChI=1S/C21H24F3N3/c1-16-7-8-19(17(2)13-16)15-26-9-11-27(12-10-26)25-14-18-5-3-4-6-20(18)21(22,23)24/h3-8,13-14H,9-12,15H2,1-2H3. The van der Waals surface area contributed by atoms with Crippen molar-refractivity contribution >= 4 is 6.21 Å². The van der Waals surface area contributed by atoms with Crippen LogP contribution in [0.2, 0.25) is 0 Å². The summed E-state index contributed by atoms with van der Waals surface area (Å²) in [6.45, 7) is 8.19. The van der Waals surface area contributed by atoms with Gasteiger partial charge in [0.25, 0.3) is 0 Å². The Balaban J connectivity index is 1.58. The van der Waals surface area contributed by atoms with E-state index in [1.54, 1.807) is 6.07 Å². The molecule has 0 saturated carbocycles. The van der Waals surface area contributed by atoms with Crippen LogP contribution < -0.4 is 0 Å². The summed E-state index contributed by atoms with van der Waals surface area (Å²) >= 11 is 0. The number of piperazine rings is 1. The van der Waals surface area contributed by atoms with E-state index < -0.39 is 11.7 Å². The van der Waals surface area contributed by atoms with Crippen molar-refractivity contribution in [2.75, 3.05) is 26.2 Å². The molecule has 0 aliphatic carbocycles. The van der Waals surface area contributed by atoms with Crippen LogP contribution in [0.5, 0.6) is 0 Å². The van der Waals surface area contributed by atoms with Crippen molar-refractivity contribution < 1.29 is 13.2 Å². The highest BCUT2D eigenvalue weighted by atomic mass is 19.4. The maximum atomic E-state index is 13.0. The summed E-state index contributed by atoms with van der Waals surface area (Å²) in [5, 5.41) is 6.12. The van der Waals surface area contributed by atoms with Crippen molar-refractivity contribution in [2.45, 2.75) is 26.6 Å². The van der Waals surface area contributed by atoms with Crippen molar-refractivity contribution in [3.63, 3.8) is 0 Å². The van der Waals surface area contributed by atoms with E-state index >= 15 is 0 Å². The molecule has 6 heteroatoms. The van der Waals surface area contributed by atoms with Gasteiger partial charge in [0, 0.05) is 38.3 Å². The van der Waals surface area contributed by atoms with Crippen LogP contribution in [0.3, 0.4) is 0 Å². The summed E-state index contributed by atoms with van der Waals surface area (Å²) in [4.78, 5) is 2.35. The van der Waals surface area contributed by atoms with Crippen LogP contribution in [0.15, 0.2) is 47.6 Å². The smallest absolute Gasteiger partial charge is 0.295 e. The Labute approximate surface area is 158 Å². The predicted molar refractivity (Wildman–Crippen MR) is 102 cm³/mol. The number of hydrazone groups is 1. The van der Waals surface area contributed by atoms with Gasteiger partial charge < -0.3 is 0 Å². The van der Waals surface area contributed by atoms with E-state index in [0.717, 1.165) is 25.7 Å². The average Bonchev–Trinajstić information content (AvgIpc) is 2.63. The van der Waals surface area contributed by atoms with E-state index in [0.29, 0.717) is 13.1 Å². The molecule has 1 heterocycles. The summed E-state index contributed by atoms with van der Waals surface area (Å²) in [5.41, 5.74) is 3.32. The van der Waals surface area contributed by atoms with E-state index in [1.165, 1.54) is 35.0 Å². The van der Waals surface area contributed by atoms with Crippen LogP contribution >= 0.6 is 0 Å². The summed E-state index contributed by atoms with van der Waals surface area (Å²) in [6, 6.07) is 12.0. The molecule has 0 amide bonds. The molecule has 1 aliphatic heterocycles. The fourth-order valence-corrected chi connectivity index (χ4v) is 3.29. The predicted octanol–water partition coefficient (Wildman–Crippen LogP) is 4.47. The van der Waals surface area contributed by atoms with Gasteiger partial charge in [0.05, 0.1) is 11.8 Å². The average molecular weight is 375 g/mol. The van der Waals surface area contributed by atoms with Gasteiger partial charge in [0.2, 0.25) is 0 Å². The minimum Gasteiger partial charge on any atom is -0.295 e. The second kappa shape index (κ2) is 8.13. The van der Waals surface area contributed by atoms with Crippen LogP contribution in [0.25, 0.3) is 0 Å². The molecule has 0 radical (unpaired) electrons. The van der Waals surface area contributed by atoms with Gasteiger partial charge in [-0.15, -0.1) is 0 Å². The normalized spacial score (nSPS) is 16.3. The Morgan fingerprint density at radius 1 is 1.00 bits per heavy atom.